The number of rotatable bonds is 6. The number of aryl methyl sites for hydroxylation is 3. The van der Waals surface area contributed by atoms with Crippen LogP contribution in [0.4, 0.5) is 0 Å². The first kappa shape index (κ1) is 16.2. The number of aliphatic hydroxyl groups is 1. The van der Waals surface area contributed by atoms with E-state index in [1.165, 1.54) is 24.2 Å². The molecule has 3 rings (SSSR count). The van der Waals surface area contributed by atoms with Gasteiger partial charge in [-0.05, 0) is 33.6 Å². The molecule has 0 spiro atoms. The van der Waals surface area contributed by atoms with Gasteiger partial charge in [-0.2, -0.15) is 5.10 Å². The van der Waals surface area contributed by atoms with E-state index in [0.717, 1.165) is 36.7 Å². The highest BCUT2D eigenvalue weighted by molar-refractivity contribution is 5.24. The normalized spacial score (nSPS) is 17.5. The molecule has 0 saturated heterocycles. The van der Waals surface area contributed by atoms with Crippen molar-refractivity contribution in [2.24, 2.45) is 0 Å². The average molecular weight is 317 g/mol. The monoisotopic (exact) mass is 317 g/mol. The zero-order valence-electron chi connectivity index (χ0n) is 14.3. The van der Waals surface area contributed by atoms with Gasteiger partial charge >= 0.3 is 0 Å². The Bertz CT molecular complexity index is 673. The highest BCUT2D eigenvalue weighted by atomic mass is 16.3. The molecular formula is C17H27N5O. The molecule has 0 aromatic carbocycles. The fourth-order valence-corrected chi connectivity index (χ4v) is 3.57. The molecule has 0 amide bonds. The van der Waals surface area contributed by atoms with Crippen LogP contribution in [0.25, 0.3) is 0 Å². The fourth-order valence-electron chi connectivity index (χ4n) is 3.57. The van der Waals surface area contributed by atoms with E-state index in [0.29, 0.717) is 12.5 Å². The summed E-state index contributed by atoms with van der Waals surface area (Å²) in [7, 11) is 0. The van der Waals surface area contributed by atoms with Gasteiger partial charge in [0.2, 0.25) is 0 Å². The number of nitrogens with zero attached hydrogens (tertiary/aromatic N) is 4. The van der Waals surface area contributed by atoms with Crippen molar-refractivity contribution < 1.29 is 5.11 Å². The number of fused-ring (bicyclic) bond motifs is 1. The van der Waals surface area contributed by atoms with Gasteiger partial charge in [0.15, 0.2) is 0 Å². The lowest BCUT2D eigenvalue weighted by Crippen LogP contribution is -2.26. The Morgan fingerprint density at radius 2 is 2.17 bits per heavy atom. The second-order valence-corrected chi connectivity index (χ2v) is 6.50. The topological polar surface area (TPSA) is 67.9 Å². The molecule has 1 aliphatic heterocycles. The van der Waals surface area contributed by atoms with Crippen LogP contribution >= 0.6 is 0 Å². The minimum Gasteiger partial charge on any atom is -0.394 e. The largest absolute Gasteiger partial charge is 0.394 e. The Hall–Kier alpha value is -1.66. The van der Waals surface area contributed by atoms with E-state index >= 15 is 0 Å². The molecule has 0 aliphatic carbocycles. The molecule has 0 unspecified atom stereocenters. The van der Waals surface area contributed by atoms with Crippen LogP contribution in [-0.4, -0.2) is 37.6 Å². The summed E-state index contributed by atoms with van der Waals surface area (Å²) in [4.78, 5) is 4.70. The molecule has 2 aromatic rings. The van der Waals surface area contributed by atoms with Crippen molar-refractivity contribution in [3.05, 3.63) is 34.7 Å². The first-order valence-corrected chi connectivity index (χ1v) is 8.48. The lowest BCUT2D eigenvalue weighted by molar-refractivity contribution is 0.267. The SMILES string of the molecule is Cc1cn2c(n1)[C@@H](CNCc1c(C)nn(CCO)c1C)CCC2. The van der Waals surface area contributed by atoms with Crippen molar-refractivity contribution in [3.8, 4) is 0 Å². The number of nitrogens with one attached hydrogen (secondary N) is 1. The lowest BCUT2D eigenvalue weighted by Gasteiger charge is -2.23. The molecule has 0 saturated carbocycles. The maximum atomic E-state index is 9.10. The Labute approximate surface area is 137 Å². The minimum atomic E-state index is 0.124. The van der Waals surface area contributed by atoms with Gasteiger partial charge in [-0.25, -0.2) is 4.98 Å². The van der Waals surface area contributed by atoms with E-state index < -0.39 is 0 Å². The molecule has 1 aliphatic rings. The van der Waals surface area contributed by atoms with Gasteiger partial charge in [-0.3, -0.25) is 4.68 Å². The molecular weight excluding hydrogens is 290 g/mol. The van der Waals surface area contributed by atoms with Gasteiger partial charge in [0.25, 0.3) is 0 Å². The van der Waals surface area contributed by atoms with Gasteiger partial charge in [0.1, 0.15) is 5.82 Å². The minimum absolute atomic E-state index is 0.124. The highest BCUT2D eigenvalue weighted by Gasteiger charge is 2.22. The predicted octanol–water partition coefficient (Wildman–Crippen LogP) is 1.66. The first-order valence-electron chi connectivity index (χ1n) is 8.48. The smallest absolute Gasteiger partial charge is 0.113 e. The molecule has 2 N–H and O–H groups in total. The summed E-state index contributed by atoms with van der Waals surface area (Å²) in [6.45, 7) is 9.72. The van der Waals surface area contributed by atoms with E-state index in [1.807, 2.05) is 11.6 Å². The number of hydrogen-bond donors (Lipinski definition) is 2. The standard InChI is InChI=1S/C17H27N5O/c1-12-11-21-6-4-5-15(17(21)19-12)9-18-10-16-13(2)20-22(7-8-23)14(16)3/h11,15,18,23H,4-10H2,1-3H3/t15-/m1/s1. The van der Waals surface area contributed by atoms with Crippen LogP contribution in [0.3, 0.4) is 0 Å². The van der Waals surface area contributed by atoms with Crippen molar-refractivity contribution >= 4 is 0 Å². The van der Waals surface area contributed by atoms with Crippen LogP contribution in [0.1, 0.15) is 47.2 Å². The van der Waals surface area contributed by atoms with Gasteiger partial charge in [-0.15, -0.1) is 0 Å². The third-order valence-corrected chi connectivity index (χ3v) is 4.78. The van der Waals surface area contributed by atoms with Gasteiger partial charge in [-0.1, -0.05) is 0 Å². The molecule has 0 radical (unpaired) electrons. The van der Waals surface area contributed by atoms with Crippen LogP contribution < -0.4 is 5.32 Å². The van der Waals surface area contributed by atoms with Crippen LogP contribution in [0.2, 0.25) is 0 Å². The Kier molecular flexibility index (Phi) is 4.82. The Balaban J connectivity index is 1.62. The molecule has 1 atom stereocenters. The van der Waals surface area contributed by atoms with Crippen molar-refractivity contribution in [1.29, 1.82) is 0 Å². The predicted molar refractivity (Wildman–Crippen MR) is 89.4 cm³/mol. The maximum Gasteiger partial charge on any atom is 0.113 e. The zero-order chi connectivity index (χ0) is 16.4. The van der Waals surface area contributed by atoms with Crippen LogP contribution in [0.15, 0.2) is 6.20 Å². The molecule has 126 valence electrons. The fraction of sp³-hybridized carbons (Fsp3) is 0.647. The van der Waals surface area contributed by atoms with Crippen LogP contribution in [0, 0.1) is 20.8 Å². The van der Waals surface area contributed by atoms with E-state index in [9.17, 15) is 0 Å². The van der Waals surface area contributed by atoms with Gasteiger partial charge in [0.05, 0.1) is 24.5 Å². The van der Waals surface area contributed by atoms with Crippen LogP contribution in [-0.2, 0) is 19.6 Å². The number of aliphatic hydroxyl groups excluding tert-OH is 1. The van der Waals surface area contributed by atoms with Gasteiger partial charge in [0, 0.05) is 43.0 Å². The van der Waals surface area contributed by atoms with Crippen molar-refractivity contribution in [2.45, 2.75) is 59.2 Å². The second-order valence-electron chi connectivity index (χ2n) is 6.50. The highest BCUT2D eigenvalue weighted by Crippen LogP contribution is 2.26. The summed E-state index contributed by atoms with van der Waals surface area (Å²) in [6.07, 6.45) is 4.58. The van der Waals surface area contributed by atoms with E-state index in [4.69, 9.17) is 10.1 Å². The first-order chi connectivity index (χ1) is 11.1. The molecule has 23 heavy (non-hydrogen) atoms. The third-order valence-electron chi connectivity index (χ3n) is 4.78. The number of aromatic nitrogens is 4. The zero-order valence-corrected chi connectivity index (χ0v) is 14.3. The molecule has 0 bridgehead atoms. The molecule has 6 heteroatoms. The molecule has 2 aromatic heterocycles. The van der Waals surface area contributed by atoms with Crippen LogP contribution in [0.5, 0.6) is 0 Å². The number of imidazole rings is 1. The summed E-state index contributed by atoms with van der Waals surface area (Å²) >= 11 is 0. The molecule has 0 fully saturated rings. The average Bonchev–Trinajstić information content (AvgIpc) is 3.02. The Morgan fingerprint density at radius 3 is 2.96 bits per heavy atom. The third kappa shape index (κ3) is 3.33. The Morgan fingerprint density at radius 1 is 1.35 bits per heavy atom. The van der Waals surface area contributed by atoms with Crippen molar-refractivity contribution in [1.82, 2.24) is 24.6 Å². The summed E-state index contributed by atoms with van der Waals surface area (Å²) in [5.41, 5.74) is 4.55. The van der Waals surface area contributed by atoms with Crippen molar-refractivity contribution in [3.63, 3.8) is 0 Å². The summed E-state index contributed by atoms with van der Waals surface area (Å²) < 4.78 is 4.20. The molecule has 6 nitrogen and oxygen atoms in total. The summed E-state index contributed by atoms with van der Waals surface area (Å²) in [5.74, 6) is 1.72. The lowest BCUT2D eigenvalue weighted by atomic mass is 9.99. The van der Waals surface area contributed by atoms with E-state index in [2.05, 4.69) is 35.0 Å². The van der Waals surface area contributed by atoms with Gasteiger partial charge < -0.3 is 15.0 Å². The van der Waals surface area contributed by atoms with E-state index in [-0.39, 0.29) is 6.61 Å². The maximum absolute atomic E-state index is 9.10. The molecule has 3 heterocycles. The summed E-state index contributed by atoms with van der Waals surface area (Å²) in [6, 6.07) is 0. The van der Waals surface area contributed by atoms with Crippen molar-refractivity contribution in [2.75, 3.05) is 13.2 Å². The number of hydrogen-bond acceptors (Lipinski definition) is 4. The second kappa shape index (κ2) is 6.84. The van der Waals surface area contributed by atoms with E-state index in [1.54, 1.807) is 0 Å². The summed E-state index contributed by atoms with van der Waals surface area (Å²) in [5, 5.41) is 17.2. The quantitative estimate of drug-likeness (QED) is 0.850.